The lowest BCUT2D eigenvalue weighted by Gasteiger charge is -2.19. The van der Waals surface area contributed by atoms with Crippen molar-refractivity contribution in [2.24, 2.45) is 5.73 Å². The van der Waals surface area contributed by atoms with E-state index < -0.39 is 10.0 Å². The van der Waals surface area contributed by atoms with E-state index in [9.17, 15) is 8.42 Å². The average Bonchev–Trinajstić information content (AvgIpc) is 2.36. The van der Waals surface area contributed by atoms with Crippen molar-refractivity contribution in [3.63, 3.8) is 0 Å². The van der Waals surface area contributed by atoms with Crippen LogP contribution in [0.25, 0.3) is 0 Å². The van der Waals surface area contributed by atoms with Gasteiger partial charge in [-0.15, -0.1) is 0 Å². The van der Waals surface area contributed by atoms with Gasteiger partial charge in [-0.25, -0.2) is 8.42 Å². The summed E-state index contributed by atoms with van der Waals surface area (Å²) in [6.07, 6.45) is 0. The van der Waals surface area contributed by atoms with Gasteiger partial charge in [-0.05, 0) is 24.6 Å². The van der Waals surface area contributed by atoms with Crippen LogP contribution in [0.4, 0.5) is 0 Å². The molecule has 0 unspecified atom stereocenters. The highest BCUT2D eigenvalue weighted by atomic mass is 32.2. The van der Waals surface area contributed by atoms with Crippen LogP contribution in [0.5, 0.6) is 5.75 Å². The van der Waals surface area contributed by atoms with Crippen molar-refractivity contribution in [2.45, 2.75) is 18.4 Å². The summed E-state index contributed by atoms with van der Waals surface area (Å²) >= 11 is 0. The molecular formula is C13H20N2O3S. The van der Waals surface area contributed by atoms with E-state index in [0.717, 1.165) is 11.1 Å². The number of ether oxygens (including phenoxy) is 1. The quantitative estimate of drug-likeness (QED) is 0.800. The number of nitrogens with two attached hydrogens (primary N) is 1. The largest absolute Gasteiger partial charge is 0.495 e. The molecule has 0 saturated carbocycles. The lowest BCUT2D eigenvalue weighted by atomic mass is 10.2. The molecule has 1 aromatic carbocycles. The first-order valence-corrected chi connectivity index (χ1v) is 7.24. The van der Waals surface area contributed by atoms with Gasteiger partial charge in [0.05, 0.1) is 7.11 Å². The van der Waals surface area contributed by atoms with Crippen LogP contribution in [0.2, 0.25) is 0 Å². The summed E-state index contributed by atoms with van der Waals surface area (Å²) in [6.45, 7) is 6.10. The topological polar surface area (TPSA) is 72.6 Å². The molecular weight excluding hydrogens is 264 g/mol. The van der Waals surface area contributed by atoms with Gasteiger partial charge in [0, 0.05) is 20.1 Å². The maximum atomic E-state index is 12.4. The van der Waals surface area contributed by atoms with E-state index in [1.165, 1.54) is 24.5 Å². The Morgan fingerprint density at radius 3 is 2.58 bits per heavy atom. The minimum absolute atomic E-state index is 0.135. The van der Waals surface area contributed by atoms with Gasteiger partial charge in [0.15, 0.2) is 0 Å². The lowest BCUT2D eigenvalue weighted by molar-refractivity contribution is 0.398. The molecule has 6 heteroatoms. The Labute approximate surface area is 114 Å². The lowest BCUT2D eigenvalue weighted by Crippen LogP contribution is -2.28. The Hall–Kier alpha value is -1.37. The first-order chi connectivity index (χ1) is 8.82. The highest BCUT2D eigenvalue weighted by Gasteiger charge is 2.24. The molecule has 0 aliphatic carbocycles. The normalized spacial score (nSPS) is 11.6. The van der Waals surface area contributed by atoms with E-state index in [2.05, 4.69) is 6.58 Å². The third kappa shape index (κ3) is 3.56. The number of likely N-dealkylation sites (N-methyl/N-ethyl adjacent to an activating group) is 1. The van der Waals surface area contributed by atoms with Crippen LogP contribution in [0, 0.1) is 0 Å². The van der Waals surface area contributed by atoms with Crippen LogP contribution < -0.4 is 10.5 Å². The van der Waals surface area contributed by atoms with Gasteiger partial charge in [-0.3, -0.25) is 0 Å². The van der Waals surface area contributed by atoms with Gasteiger partial charge >= 0.3 is 0 Å². The fraction of sp³-hybridized carbons (Fsp3) is 0.385. The zero-order chi connectivity index (χ0) is 14.6. The van der Waals surface area contributed by atoms with Crippen molar-refractivity contribution in [2.75, 3.05) is 20.7 Å². The van der Waals surface area contributed by atoms with Gasteiger partial charge in [0.1, 0.15) is 10.6 Å². The first kappa shape index (κ1) is 15.7. The summed E-state index contributed by atoms with van der Waals surface area (Å²) in [5.74, 6) is 0.302. The molecule has 0 radical (unpaired) electrons. The number of benzene rings is 1. The van der Waals surface area contributed by atoms with Crippen LogP contribution in [-0.2, 0) is 16.6 Å². The molecule has 0 amide bonds. The second-order valence-corrected chi connectivity index (χ2v) is 6.42. The number of hydrogen-bond donors (Lipinski definition) is 1. The summed E-state index contributed by atoms with van der Waals surface area (Å²) < 4.78 is 31.2. The molecule has 1 rings (SSSR count). The van der Waals surface area contributed by atoms with Crippen molar-refractivity contribution < 1.29 is 13.2 Å². The molecule has 106 valence electrons. The monoisotopic (exact) mass is 284 g/mol. The Kier molecular flexibility index (Phi) is 5.11. The highest BCUT2D eigenvalue weighted by Crippen LogP contribution is 2.27. The maximum Gasteiger partial charge on any atom is 0.246 e. The molecule has 2 N–H and O–H groups in total. The van der Waals surface area contributed by atoms with E-state index >= 15 is 0 Å². The van der Waals surface area contributed by atoms with E-state index in [0.29, 0.717) is 12.3 Å². The molecule has 0 bridgehead atoms. The smallest absolute Gasteiger partial charge is 0.246 e. The van der Waals surface area contributed by atoms with Gasteiger partial charge in [-0.2, -0.15) is 4.31 Å². The standard InChI is InChI=1S/C13H20N2O3S/c1-10(2)9-15(3)19(16,17)13-6-5-11(8-14)7-12(13)18-4/h5-7H,1,8-9,14H2,2-4H3. The predicted octanol–water partition coefficient (Wildman–Crippen LogP) is 1.35. The molecule has 19 heavy (non-hydrogen) atoms. The molecule has 0 fully saturated rings. The summed E-state index contributed by atoms with van der Waals surface area (Å²) in [6, 6.07) is 4.84. The summed E-state index contributed by atoms with van der Waals surface area (Å²) in [7, 11) is -0.643. The van der Waals surface area contributed by atoms with E-state index in [1.54, 1.807) is 19.1 Å². The molecule has 0 aliphatic rings. The van der Waals surface area contributed by atoms with E-state index in [1.807, 2.05) is 0 Å². The minimum atomic E-state index is -3.60. The molecule has 5 nitrogen and oxygen atoms in total. The molecule has 0 aromatic heterocycles. The second kappa shape index (κ2) is 6.18. The average molecular weight is 284 g/mol. The molecule has 0 heterocycles. The van der Waals surface area contributed by atoms with E-state index in [4.69, 9.17) is 10.5 Å². The van der Waals surface area contributed by atoms with Crippen molar-refractivity contribution in [1.82, 2.24) is 4.31 Å². The molecule has 0 saturated heterocycles. The molecule has 0 spiro atoms. The highest BCUT2D eigenvalue weighted by molar-refractivity contribution is 7.89. The third-order valence-electron chi connectivity index (χ3n) is 2.64. The van der Waals surface area contributed by atoms with Gasteiger partial charge in [-0.1, -0.05) is 18.2 Å². The van der Waals surface area contributed by atoms with Crippen molar-refractivity contribution in [3.8, 4) is 5.75 Å². The predicted molar refractivity (Wildman–Crippen MR) is 75.5 cm³/mol. The zero-order valence-electron chi connectivity index (χ0n) is 11.5. The Morgan fingerprint density at radius 2 is 2.11 bits per heavy atom. The Morgan fingerprint density at radius 1 is 1.47 bits per heavy atom. The fourth-order valence-electron chi connectivity index (χ4n) is 1.69. The number of hydrogen-bond acceptors (Lipinski definition) is 4. The first-order valence-electron chi connectivity index (χ1n) is 5.80. The number of methoxy groups -OCH3 is 1. The van der Waals surface area contributed by atoms with Crippen molar-refractivity contribution in [3.05, 3.63) is 35.9 Å². The van der Waals surface area contributed by atoms with Crippen LogP contribution in [0.3, 0.4) is 0 Å². The fourth-order valence-corrected chi connectivity index (χ4v) is 3.05. The van der Waals surface area contributed by atoms with Crippen LogP contribution in [-0.4, -0.2) is 33.4 Å². The summed E-state index contributed by atoms with van der Waals surface area (Å²) in [5.41, 5.74) is 7.12. The van der Waals surface area contributed by atoms with Gasteiger partial charge in [0.2, 0.25) is 10.0 Å². The van der Waals surface area contributed by atoms with Crippen LogP contribution in [0.1, 0.15) is 12.5 Å². The van der Waals surface area contributed by atoms with Crippen LogP contribution >= 0.6 is 0 Å². The Bertz CT molecular complexity index is 567. The summed E-state index contributed by atoms with van der Waals surface area (Å²) in [5, 5.41) is 0. The number of nitrogens with zero attached hydrogens (tertiary/aromatic N) is 1. The minimum Gasteiger partial charge on any atom is -0.495 e. The van der Waals surface area contributed by atoms with Crippen LogP contribution in [0.15, 0.2) is 35.2 Å². The molecule has 0 atom stereocenters. The zero-order valence-corrected chi connectivity index (χ0v) is 12.3. The van der Waals surface area contributed by atoms with E-state index in [-0.39, 0.29) is 11.4 Å². The number of sulfonamides is 1. The van der Waals surface area contributed by atoms with Gasteiger partial charge < -0.3 is 10.5 Å². The number of rotatable bonds is 6. The Balaban J connectivity index is 3.24. The maximum absolute atomic E-state index is 12.4. The SMILES string of the molecule is C=C(C)CN(C)S(=O)(=O)c1ccc(CN)cc1OC. The molecule has 0 aliphatic heterocycles. The second-order valence-electron chi connectivity index (χ2n) is 4.41. The third-order valence-corrected chi connectivity index (χ3v) is 4.49. The van der Waals surface area contributed by atoms with Gasteiger partial charge in [0.25, 0.3) is 0 Å². The summed E-state index contributed by atoms with van der Waals surface area (Å²) in [4.78, 5) is 0.135. The molecule has 1 aromatic rings. The van der Waals surface area contributed by atoms with Crippen molar-refractivity contribution >= 4 is 10.0 Å². The van der Waals surface area contributed by atoms with Crippen molar-refractivity contribution in [1.29, 1.82) is 0 Å².